The highest BCUT2D eigenvalue weighted by molar-refractivity contribution is 5.96. The Labute approximate surface area is 133 Å². The number of hydrogen-bond acceptors (Lipinski definition) is 4. The summed E-state index contributed by atoms with van der Waals surface area (Å²) in [5.74, 6) is -1.57. The molecule has 0 fully saturated rings. The predicted octanol–water partition coefficient (Wildman–Crippen LogP) is 3.34. The van der Waals surface area contributed by atoms with Crippen molar-refractivity contribution in [2.75, 3.05) is 6.61 Å². The summed E-state index contributed by atoms with van der Waals surface area (Å²) in [6.07, 6.45) is 0.751. The number of carbonyl (C=O) groups excluding carboxylic acids is 2. The van der Waals surface area contributed by atoms with Crippen molar-refractivity contribution in [2.45, 2.75) is 39.7 Å². The Morgan fingerprint density at radius 2 is 2.04 bits per heavy atom. The lowest BCUT2D eigenvalue weighted by Crippen LogP contribution is -2.44. The standard InChI is InChI=1S/C17H20FNO4/c1-5-17(3,4)19-14(20)9-22-16(21)15-10(2)12-8-11(18)6-7-13(12)23-15/h6-8H,5,9H2,1-4H3,(H,19,20). The highest BCUT2D eigenvalue weighted by Crippen LogP contribution is 2.26. The minimum Gasteiger partial charge on any atom is -0.450 e. The molecule has 0 unspecified atom stereocenters. The van der Waals surface area contributed by atoms with Crippen molar-refractivity contribution in [1.29, 1.82) is 0 Å². The SMILES string of the molecule is CCC(C)(C)NC(=O)COC(=O)c1oc2ccc(F)cc2c1C. The van der Waals surface area contributed by atoms with Gasteiger partial charge in [-0.3, -0.25) is 4.79 Å². The zero-order valence-corrected chi connectivity index (χ0v) is 13.7. The molecule has 0 saturated carbocycles. The molecule has 0 atom stereocenters. The third-order valence-electron chi connectivity index (χ3n) is 3.78. The second-order valence-electron chi connectivity index (χ2n) is 6.06. The van der Waals surface area contributed by atoms with Crippen LogP contribution in [0.25, 0.3) is 11.0 Å². The molecular weight excluding hydrogens is 301 g/mol. The third-order valence-corrected chi connectivity index (χ3v) is 3.78. The molecule has 0 bridgehead atoms. The average molecular weight is 321 g/mol. The van der Waals surface area contributed by atoms with Crippen LogP contribution in [0.3, 0.4) is 0 Å². The van der Waals surface area contributed by atoms with Gasteiger partial charge in [0.05, 0.1) is 0 Å². The highest BCUT2D eigenvalue weighted by atomic mass is 19.1. The van der Waals surface area contributed by atoms with Crippen molar-refractivity contribution in [1.82, 2.24) is 5.32 Å². The Bertz CT molecular complexity index is 748. The maximum Gasteiger partial charge on any atom is 0.375 e. The molecule has 1 amide bonds. The number of aryl methyl sites for hydroxylation is 1. The van der Waals surface area contributed by atoms with Crippen LogP contribution in [-0.2, 0) is 9.53 Å². The molecule has 23 heavy (non-hydrogen) atoms. The fourth-order valence-corrected chi connectivity index (χ4v) is 2.09. The van der Waals surface area contributed by atoms with Crippen LogP contribution in [-0.4, -0.2) is 24.0 Å². The van der Waals surface area contributed by atoms with Gasteiger partial charge in [-0.2, -0.15) is 0 Å². The normalized spacial score (nSPS) is 11.5. The lowest BCUT2D eigenvalue weighted by atomic mass is 10.0. The molecule has 1 aromatic heterocycles. The predicted molar refractivity (Wildman–Crippen MR) is 83.7 cm³/mol. The lowest BCUT2D eigenvalue weighted by molar-refractivity contribution is -0.125. The zero-order valence-electron chi connectivity index (χ0n) is 13.7. The Morgan fingerprint density at radius 1 is 1.35 bits per heavy atom. The molecule has 0 aliphatic heterocycles. The van der Waals surface area contributed by atoms with Gasteiger partial charge in [0.25, 0.3) is 5.91 Å². The van der Waals surface area contributed by atoms with Crippen LogP contribution in [0.2, 0.25) is 0 Å². The number of furan rings is 1. The third kappa shape index (κ3) is 3.88. The van der Waals surface area contributed by atoms with E-state index in [2.05, 4.69) is 5.32 Å². The van der Waals surface area contributed by atoms with E-state index >= 15 is 0 Å². The number of carbonyl (C=O) groups is 2. The second kappa shape index (κ2) is 6.40. The number of esters is 1. The van der Waals surface area contributed by atoms with Gasteiger partial charge >= 0.3 is 5.97 Å². The van der Waals surface area contributed by atoms with E-state index < -0.39 is 18.4 Å². The largest absolute Gasteiger partial charge is 0.450 e. The van der Waals surface area contributed by atoms with Crippen LogP contribution >= 0.6 is 0 Å². The van der Waals surface area contributed by atoms with Gasteiger partial charge in [-0.05, 0) is 45.4 Å². The highest BCUT2D eigenvalue weighted by Gasteiger charge is 2.22. The Kier molecular flexibility index (Phi) is 4.73. The molecule has 2 aromatic rings. The molecule has 0 aliphatic carbocycles. The maximum absolute atomic E-state index is 13.3. The number of nitrogens with one attached hydrogen (secondary N) is 1. The van der Waals surface area contributed by atoms with Crippen LogP contribution in [0.4, 0.5) is 4.39 Å². The van der Waals surface area contributed by atoms with E-state index in [0.29, 0.717) is 16.5 Å². The number of fused-ring (bicyclic) bond motifs is 1. The maximum atomic E-state index is 13.3. The molecule has 0 aliphatic rings. The van der Waals surface area contributed by atoms with Crippen molar-refractivity contribution in [3.05, 3.63) is 35.3 Å². The smallest absolute Gasteiger partial charge is 0.375 e. The summed E-state index contributed by atoms with van der Waals surface area (Å²) < 4.78 is 23.6. The van der Waals surface area contributed by atoms with Crippen LogP contribution in [0.15, 0.2) is 22.6 Å². The van der Waals surface area contributed by atoms with Gasteiger partial charge in [0, 0.05) is 16.5 Å². The van der Waals surface area contributed by atoms with E-state index in [1.807, 2.05) is 20.8 Å². The molecule has 1 N–H and O–H groups in total. The van der Waals surface area contributed by atoms with Gasteiger partial charge in [-0.15, -0.1) is 0 Å². The summed E-state index contributed by atoms with van der Waals surface area (Å²) in [4.78, 5) is 23.9. The molecule has 1 heterocycles. The number of halogens is 1. The van der Waals surface area contributed by atoms with Crippen molar-refractivity contribution in [3.8, 4) is 0 Å². The first-order valence-electron chi connectivity index (χ1n) is 7.40. The van der Waals surface area contributed by atoms with Gasteiger partial charge in [0.15, 0.2) is 6.61 Å². The first-order valence-corrected chi connectivity index (χ1v) is 7.40. The second-order valence-corrected chi connectivity index (χ2v) is 6.06. The van der Waals surface area contributed by atoms with E-state index in [1.54, 1.807) is 6.92 Å². The minimum absolute atomic E-state index is 0.0202. The molecule has 2 rings (SSSR count). The molecular formula is C17H20FNO4. The Hall–Kier alpha value is -2.37. The minimum atomic E-state index is -0.747. The van der Waals surface area contributed by atoms with Crippen LogP contribution in [0.5, 0.6) is 0 Å². The van der Waals surface area contributed by atoms with Crippen LogP contribution in [0.1, 0.15) is 43.3 Å². The summed E-state index contributed by atoms with van der Waals surface area (Å²) in [6.45, 7) is 6.95. The van der Waals surface area contributed by atoms with Crippen LogP contribution in [0, 0.1) is 12.7 Å². The summed E-state index contributed by atoms with van der Waals surface area (Å²) in [6, 6.07) is 3.99. The molecule has 6 heteroatoms. The molecule has 5 nitrogen and oxygen atoms in total. The number of benzene rings is 1. The average Bonchev–Trinajstić information content (AvgIpc) is 2.81. The topological polar surface area (TPSA) is 68.5 Å². The van der Waals surface area contributed by atoms with Gasteiger partial charge in [0.1, 0.15) is 11.4 Å². The van der Waals surface area contributed by atoms with E-state index in [4.69, 9.17) is 9.15 Å². The summed E-state index contributed by atoms with van der Waals surface area (Å²) in [5, 5.41) is 3.27. The molecule has 1 aromatic carbocycles. The number of amides is 1. The van der Waals surface area contributed by atoms with Crippen molar-refractivity contribution in [3.63, 3.8) is 0 Å². The monoisotopic (exact) mass is 321 g/mol. The van der Waals surface area contributed by atoms with E-state index in [1.165, 1.54) is 18.2 Å². The van der Waals surface area contributed by atoms with Crippen molar-refractivity contribution >= 4 is 22.8 Å². The van der Waals surface area contributed by atoms with E-state index in [-0.39, 0.29) is 17.2 Å². The fraction of sp³-hybridized carbons (Fsp3) is 0.412. The fourth-order valence-electron chi connectivity index (χ4n) is 2.09. The molecule has 0 saturated heterocycles. The van der Waals surface area contributed by atoms with Crippen molar-refractivity contribution in [2.24, 2.45) is 0 Å². The first kappa shape index (κ1) is 17.0. The molecule has 0 radical (unpaired) electrons. The molecule has 0 spiro atoms. The quantitative estimate of drug-likeness (QED) is 0.858. The zero-order chi connectivity index (χ0) is 17.2. The van der Waals surface area contributed by atoms with E-state index in [0.717, 1.165) is 6.42 Å². The Morgan fingerprint density at radius 3 is 2.70 bits per heavy atom. The van der Waals surface area contributed by atoms with Crippen LogP contribution < -0.4 is 5.32 Å². The summed E-state index contributed by atoms with van der Waals surface area (Å²) in [5.41, 5.74) is 0.516. The Balaban J connectivity index is 2.07. The summed E-state index contributed by atoms with van der Waals surface area (Å²) in [7, 11) is 0. The van der Waals surface area contributed by atoms with Gasteiger partial charge in [0.2, 0.25) is 5.76 Å². The number of ether oxygens (including phenoxy) is 1. The molecule has 124 valence electrons. The van der Waals surface area contributed by atoms with Crippen molar-refractivity contribution < 1.29 is 23.1 Å². The first-order chi connectivity index (χ1) is 10.7. The summed E-state index contributed by atoms with van der Waals surface area (Å²) >= 11 is 0. The lowest BCUT2D eigenvalue weighted by Gasteiger charge is -2.24. The van der Waals surface area contributed by atoms with Gasteiger partial charge in [-0.1, -0.05) is 6.92 Å². The van der Waals surface area contributed by atoms with E-state index in [9.17, 15) is 14.0 Å². The number of rotatable bonds is 5. The number of hydrogen-bond donors (Lipinski definition) is 1. The van der Waals surface area contributed by atoms with Gasteiger partial charge < -0.3 is 14.5 Å². The van der Waals surface area contributed by atoms with Gasteiger partial charge in [-0.25, -0.2) is 9.18 Å².